The van der Waals surface area contributed by atoms with Crippen LogP contribution in [0.5, 0.6) is 0 Å². The fraction of sp³-hybridized carbons (Fsp3) is 0.364. The fourth-order valence-electron chi connectivity index (χ4n) is 1.11. The minimum absolute atomic E-state index is 0.00757. The number of hydrogen-bond donors (Lipinski definition) is 1. The van der Waals surface area contributed by atoms with Gasteiger partial charge in [0.05, 0.1) is 10.6 Å². The van der Waals surface area contributed by atoms with E-state index in [4.69, 9.17) is 11.6 Å². The Kier molecular flexibility index (Phi) is 4.09. The van der Waals surface area contributed by atoms with Crippen molar-refractivity contribution in [2.75, 3.05) is 0 Å². The van der Waals surface area contributed by atoms with Gasteiger partial charge in [-0.25, -0.2) is 4.39 Å². The summed E-state index contributed by atoms with van der Waals surface area (Å²) in [5.74, 6) is -1.06. The molecular formula is C11H13ClFNO. The Morgan fingerprint density at radius 3 is 2.80 bits per heavy atom. The second-order valence-corrected chi connectivity index (χ2v) is 3.79. The summed E-state index contributed by atoms with van der Waals surface area (Å²) in [6.07, 6.45) is 0.789. The van der Waals surface area contributed by atoms with Crippen LogP contribution in [0, 0.1) is 5.82 Å². The van der Waals surface area contributed by atoms with Gasteiger partial charge in [0, 0.05) is 6.04 Å². The van der Waals surface area contributed by atoms with Gasteiger partial charge in [-0.15, -0.1) is 0 Å². The third-order valence-corrected chi connectivity index (χ3v) is 2.49. The number of amides is 1. The lowest BCUT2D eigenvalue weighted by atomic mass is 10.1. The van der Waals surface area contributed by atoms with Gasteiger partial charge >= 0.3 is 0 Å². The van der Waals surface area contributed by atoms with E-state index in [0.717, 1.165) is 6.42 Å². The van der Waals surface area contributed by atoms with E-state index in [2.05, 4.69) is 5.32 Å². The molecule has 1 amide bonds. The molecule has 1 aromatic carbocycles. The van der Waals surface area contributed by atoms with E-state index in [1.54, 1.807) is 0 Å². The topological polar surface area (TPSA) is 29.1 Å². The molecule has 1 N–H and O–H groups in total. The minimum Gasteiger partial charge on any atom is -0.349 e. The maximum absolute atomic E-state index is 13.3. The highest BCUT2D eigenvalue weighted by atomic mass is 35.5. The van der Waals surface area contributed by atoms with Gasteiger partial charge in [-0.1, -0.05) is 24.6 Å². The maximum atomic E-state index is 13.3. The zero-order chi connectivity index (χ0) is 11.4. The van der Waals surface area contributed by atoms with Crippen molar-refractivity contribution in [3.8, 4) is 0 Å². The SMILES string of the molecule is CCC(C)NC(=O)c1c(F)cccc1Cl. The van der Waals surface area contributed by atoms with Gasteiger partial charge in [-0.3, -0.25) is 4.79 Å². The molecule has 0 aromatic heterocycles. The van der Waals surface area contributed by atoms with Crippen LogP contribution in [-0.4, -0.2) is 11.9 Å². The van der Waals surface area contributed by atoms with Crippen LogP contribution in [0.4, 0.5) is 4.39 Å². The van der Waals surface area contributed by atoms with Crippen molar-refractivity contribution in [1.29, 1.82) is 0 Å². The Bertz CT molecular complexity index is 347. The van der Waals surface area contributed by atoms with Crippen LogP contribution in [0.25, 0.3) is 0 Å². The van der Waals surface area contributed by atoms with E-state index in [-0.39, 0.29) is 16.6 Å². The first-order valence-corrected chi connectivity index (χ1v) is 5.19. The largest absolute Gasteiger partial charge is 0.349 e. The van der Waals surface area contributed by atoms with Crippen molar-refractivity contribution in [2.45, 2.75) is 26.3 Å². The van der Waals surface area contributed by atoms with E-state index in [0.29, 0.717) is 0 Å². The van der Waals surface area contributed by atoms with Crippen molar-refractivity contribution >= 4 is 17.5 Å². The van der Waals surface area contributed by atoms with Gasteiger partial charge in [-0.2, -0.15) is 0 Å². The quantitative estimate of drug-likeness (QED) is 0.848. The maximum Gasteiger partial charge on any atom is 0.255 e. The van der Waals surface area contributed by atoms with Crippen LogP contribution >= 0.6 is 11.6 Å². The Morgan fingerprint density at radius 2 is 2.27 bits per heavy atom. The first-order chi connectivity index (χ1) is 7.06. The van der Waals surface area contributed by atoms with Gasteiger partial charge in [0.2, 0.25) is 0 Å². The Hall–Kier alpha value is -1.09. The lowest BCUT2D eigenvalue weighted by Crippen LogP contribution is -2.32. The fourth-order valence-corrected chi connectivity index (χ4v) is 1.36. The number of nitrogens with one attached hydrogen (secondary N) is 1. The van der Waals surface area contributed by atoms with E-state index < -0.39 is 11.7 Å². The molecule has 1 aromatic rings. The van der Waals surface area contributed by atoms with Gasteiger partial charge in [-0.05, 0) is 25.5 Å². The molecule has 0 heterocycles. The van der Waals surface area contributed by atoms with E-state index in [1.165, 1.54) is 18.2 Å². The van der Waals surface area contributed by atoms with Crippen molar-refractivity contribution in [3.05, 3.63) is 34.6 Å². The van der Waals surface area contributed by atoms with E-state index >= 15 is 0 Å². The summed E-state index contributed by atoms with van der Waals surface area (Å²) in [5.41, 5.74) is -0.0838. The highest BCUT2D eigenvalue weighted by Gasteiger charge is 2.16. The minimum atomic E-state index is -0.594. The number of halogens is 2. The molecule has 0 saturated heterocycles. The summed E-state index contributed by atoms with van der Waals surface area (Å²) >= 11 is 5.75. The first-order valence-electron chi connectivity index (χ1n) is 4.81. The van der Waals surface area contributed by atoms with Gasteiger partial charge in [0.15, 0.2) is 0 Å². The molecule has 15 heavy (non-hydrogen) atoms. The smallest absolute Gasteiger partial charge is 0.255 e. The molecule has 4 heteroatoms. The number of hydrogen-bond acceptors (Lipinski definition) is 1. The van der Waals surface area contributed by atoms with Crippen LogP contribution in [0.3, 0.4) is 0 Å². The van der Waals surface area contributed by atoms with Crippen molar-refractivity contribution in [3.63, 3.8) is 0 Å². The normalized spacial score (nSPS) is 12.3. The third kappa shape index (κ3) is 2.93. The summed E-state index contributed by atoms with van der Waals surface area (Å²) in [5, 5.41) is 2.80. The second kappa shape index (κ2) is 5.12. The second-order valence-electron chi connectivity index (χ2n) is 3.38. The Labute approximate surface area is 93.4 Å². The molecule has 0 radical (unpaired) electrons. The predicted molar refractivity (Wildman–Crippen MR) is 58.6 cm³/mol. The highest BCUT2D eigenvalue weighted by Crippen LogP contribution is 2.18. The van der Waals surface area contributed by atoms with Crippen molar-refractivity contribution in [2.24, 2.45) is 0 Å². The standard InChI is InChI=1S/C11H13ClFNO/c1-3-7(2)14-11(15)10-8(12)5-4-6-9(10)13/h4-7H,3H2,1-2H3,(H,14,15). The molecule has 1 atom stereocenters. The number of rotatable bonds is 3. The monoisotopic (exact) mass is 229 g/mol. The number of carbonyl (C=O) groups is 1. The highest BCUT2D eigenvalue weighted by molar-refractivity contribution is 6.33. The Morgan fingerprint density at radius 1 is 1.60 bits per heavy atom. The molecule has 0 aliphatic carbocycles. The lowest BCUT2D eigenvalue weighted by molar-refractivity contribution is 0.0935. The molecule has 82 valence electrons. The van der Waals surface area contributed by atoms with Crippen LogP contribution in [0.15, 0.2) is 18.2 Å². The van der Waals surface area contributed by atoms with Crippen LogP contribution in [0.2, 0.25) is 5.02 Å². The molecule has 1 unspecified atom stereocenters. The van der Waals surface area contributed by atoms with E-state index in [1.807, 2.05) is 13.8 Å². The average molecular weight is 230 g/mol. The van der Waals surface area contributed by atoms with Gasteiger partial charge in [0.25, 0.3) is 5.91 Å². The summed E-state index contributed by atoms with van der Waals surface area (Å²) < 4.78 is 13.3. The molecule has 0 aliphatic heterocycles. The van der Waals surface area contributed by atoms with Crippen molar-refractivity contribution in [1.82, 2.24) is 5.32 Å². The molecule has 0 saturated carbocycles. The first kappa shape index (κ1) is 12.0. The summed E-state index contributed by atoms with van der Waals surface area (Å²) in [4.78, 5) is 11.6. The average Bonchev–Trinajstić information content (AvgIpc) is 2.17. The zero-order valence-electron chi connectivity index (χ0n) is 8.68. The molecule has 0 spiro atoms. The molecule has 0 fully saturated rings. The predicted octanol–water partition coefficient (Wildman–Crippen LogP) is 3.01. The number of benzene rings is 1. The van der Waals surface area contributed by atoms with Crippen molar-refractivity contribution < 1.29 is 9.18 Å². The summed E-state index contributed by atoms with van der Waals surface area (Å²) in [6.45, 7) is 3.79. The van der Waals surface area contributed by atoms with Crippen LogP contribution in [-0.2, 0) is 0 Å². The molecular weight excluding hydrogens is 217 g/mol. The molecule has 1 rings (SSSR count). The van der Waals surface area contributed by atoms with E-state index in [9.17, 15) is 9.18 Å². The van der Waals surface area contributed by atoms with Crippen LogP contribution < -0.4 is 5.32 Å². The number of carbonyl (C=O) groups excluding carboxylic acids is 1. The molecule has 2 nitrogen and oxygen atoms in total. The Balaban J connectivity index is 2.91. The summed E-state index contributed by atoms with van der Waals surface area (Å²) in [7, 11) is 0. The van der Waals surface area contributed by atoms with Gasteiger partial charge < -0.3 is 5.32 Å². The van der Waals surface area contributed by atoms with Gasteiger partial charge in [0.1, 0.15) is 5.82 Å². The third-order valence-electron chi connectivity index (χ3n) is 2.18. The zero-order valence-corrected chi connectivity index (χ0v) is 9.44. The summed E-state index contributed by atoms with van der Waals surface area (Å²) in [6, 6.07) is 4.19. The molecule has 0 bridgehead atoms. The van der Waals surface area contributed by atoms with Crippen LogP contribution in [0.1, 0.15) is 30.6 Å². The lowest BCUT2D eigenvalue weighted by Gasteiger charge is -2.12. The molecule has 0 aliphatic rings.